The standard InChI is InChI=1S/C13H21F3N2O2.ClH/c14-13(15,16)9-1-3-10(4-2-9)18-12(19)7-11-8-20-6-5-17-11;/h9-11,17H,1-8H2,(H,18,19);1H. The summed E-state index contributed by atoms with van der Waals surface area (Å²) < 4.78 is 42.8. The summed E-state index contributed by atoms with van der Waals surface area (Å²) >= 11 is 0. The van der Waals surface area contributed by atoms with Crippen LogP contribution in [0.2, 0.25) is 0 Å². The maximum atomic E-state index is 12.5. The number of nitrogens with one attached hydrogen (secondary N) is 2. The first-order chi connectivity index (χ1) is 9.45. The van der Waals surface area contributed by atoms with Gasteiger partial charge in [0.05, 0.1) is 19.1 Å². The van der Waals surface area contributed by atoms with Crippen molar-refractivity contribution in [2.24, 2.45) is 5.92 Å². The fourth-order valence-electron chi connectivity index (χ4n) is 2.83. The van der Waals surface area contributed by atoms with Gasteiger partial charge in [-0.25, -0.2) is 0 Å². The molecule has 0 spiro atoms. The third-order valence-electron chi connectivity index (χ3n) is 3.99. The van der Waals surface area contributed by atoms with Crippen molar-refractivity contribution in [3.8, 4) is 0 Å². The molecule has 1 heterocycles. The van der Waals surface area contributed by atoms with Crippen molar-refractivity contribution in [3.63, 3.8) is 0 Å². The minimum Gasteiger partial charge on any atom is -0.378 e. The molecule has 2 N–H and O–H groups in total. The SMILES string of the molecule is Cl.O=C(CC1COCCN1)NC1CCC(C(F)(F)F)CC1. The van der Waals surface area contributed by atoms with Crippen LogP contribution in [0.5, 0.6) is 0 Å². The van der Waals surface area contributed by atoms with Crippen molar-refractivity contribution >= 4 is 18.3 Å². The molecule has 8 heteroatoms. The molecule has 1 aliphatic carbocycles. The van der Waals surface area contributed by atoms with E-state index in [1.165, 1.54) is 0 Å². The number of ether oxygens (including phenoxy) is 1. The van der Waals surface area contributed by atoms with Gasteiger partial charge in [0, 0.05) is 25.0 Å². The number of hydrogen-bond acceptors (Lipinski definition) is 3. The number of morpholine rings is 1. The van der Waals surface area contributed by atoms with Crippen LogP contribution in [0.15, 0.2) is 0 Å². The van der Waals surface area contributed by atoms with Crippen molar-refractivity contribution in [1.29, 1.82) is 0 Å². The maximum Gasteiger partial charge on any atom is 0.391 e. The van der Waals surface area contributed by atoms with Gasteiger partial charge in [-0.1, -0.05) is 0 Å². The van der Waals surface area contributed by atoms with Crippen LogP contribution in [-0.4, -0.2) is 43.9 Å². The predicted molar refractivity (Wildman–Crippen MR) is 74.4 cm³/mol. The highest BCUT2D eigenvalue weighted by Crippen LogP contribution is 2.37. The molecule has 124 valence electrons. The fourth-order valence-corrected chi connectivity index (χ4v) is 2.83. The van der Waals surface area contributed by atoms with E-state index in [1.807, 2.05) is 0 Å². The molecule has 1 amide bonds. The molecular weight excluding hydrogens is 309 g/mol. The second kappa shape index (κ2) is 8.19. The van der Waals surface area contributed by atoms with E-state index < -0.39 is 12.1 Å². The predicted octanol–water partition coefficient (Wildman–Crippen LogP) is 2.02. The molecule has 1 unspecified atom stereocenters. The van der Waals surface area contributed by atoms with Crippen molar-refractivity contribution in [1.82, 2.24) is 10.6 Å². The molecule has 4 nitrogen and oxygen atoms in total. The molecule has 0 bridgehead atoms. The molecular formula is C13H22ClF3N2O2. The van der Waals surface area contributed by atoms with Gasteiger partial charge >= 0.3 is 6.18 Å². The number of halogens is 4. The Kier molecular flexibility index (Phi) is 7.23. The summed E-state index contributed by atoms with van der Waals surface area (Å²) in [6, 6.07) is -0.110. The van der Waals surface area contributed by atoms with E-state index in [1.54, 1.807) is 0 Å². The lowest BCUT2D eigenvalue weighted by Gasteiger charge is -2.31. The first kappa shape index (κ1) is 18.5. The first-order valence-electron chi connectivity index (χ1n) is 7.12. The Morgan fingerprint density at radius 3 is 2.43 bits per heavy atom. The number of carbonyl (C=O) groups is 1. The minimum atomic E-state index is -4.10. The van der Waals surface area contributed by atoms with E-state index in [-0.39, 0.29) is 43.2 Å². The van der Waals surface area contributed by atoms with Crippen LogP contribution >= 0.6 is 12.4 Å². The maximum absolute atomic E-state index is 12.5. The van der Waals surface area contributed by atoms with Crippen molar-refractivity contribution < 1.29 is 22.7 Å². The zero-order valence-corrected chi connectivity index (χ0v) is 12.6. The van der Waals surface area contributed by atoms with Crippen LogP contribution in [0, 0.1) is 5.92 Å². The molecule has 0 aromatic heterocycles. The van der Waals surface area contributed by atoms with Crippen LogP contribution < -0.4 is 10.6 Å². The van der Waals surface area contributed by atoms with Crippen LogP contribution in [0.3, 0.4) is 0 Å². The van der Waals surface area contributed by atoms with E-state index in [9.17, 15) is 18.0 Å². The average molecular weight is 331 g/mol. The zero-order chi connectivity index (χ0) is 14.6. The quantitative estimate of drug-likeness (QED) is 0.832. The molecule has 2 aliphatic rings. The Hall–Kier alpha value is -0.530. The van der Waals surface area contributed by atoms with Crippen molar-refractivity contribution in [3.05, 3.63) is 0 Å². The Morgan fingerprint density at radius 2 is 1.90 bits per heavy atom. The van der Waals surface area contributed by atoms with Crippen molar-refractivity contribution in [2.75, 3.05) is 19.8 Å². The Morgan fingerprint density at radius 1 is 1.24 bits per heavy atom. The second-order valence-electron chi connectivity index (χ2n) is 5.59. The number of rotatable bonds is 3. The molecule has 2 rings (SSSR count). The van der Waals surface area contributed by atoms with Crippen molar-refractivity contribution in [2.45, 2.75) is 50.4 Å². The summed E-state index contributed by atoms with van der Waals surface area (Å²) in [5, 5.41) is 6.02. The zero-order valence-electron chi connectivity index (χ0n) is 11.7. The number of alkyl halides is 3. The largest absolute Gasteiger partial charge is 0.391 e. The van der Waals surface area contributed by atoms with Gasteiger partial charge in [0.15, 0.2) is 0 Å². The summed E-state index contributed by atoms with van der Waals surface area (Å²) in [5.41, 5.74) is 0. The third kappa shape index (κ3) is 6.00. The van der Waals surface area contributed by atoms with E-state index in [4.69, 9.17) is 4.74 Å². The van der Waals surface area contributed by atoms with Gasteiger partial charge in [0.2, 0.25) is 5.91 Å². The molecule has 1 saturated carbocycles. The fraction of sp³-hybridized carbons (Fsp3) is 0.923. The molecule has 0 radical (unpaired) electrons. The highest BCUT2D eigenvalue weighted by molar-refractivity contribution is 5.85. The summed E-state index contributed by atoms with van der Waals surface area (Å²) in [6.45, 7) is 1.89. The monoisotopic (exact) mass is 330 g/mol. The van der Waals surface area contributed by atoms with Gasteiger partial charge in [-0.05, 0) is 25.7 Å². The molecule has 21 heavy (non-hydrogen) atoms. The van der Waals surface area contributed by atoms with E-state index >= 15 is 0 Å². The van der Waals surface area contributed by atoms with Gasteiger partial charge in [-0.3, -0.25) is 4.79 Å². The Labute approximate surface area is 128 Å². The molecule has 0 aromatic rings. The van der Waals surface area contributed by atoms with E-state index in [2.05, 4.69) is 10.6 Å². The molecule has 1 saturated heterocycles. The highest BCUT2D eigenvalue weighted by Gasteiger charge is 2.41. The number of amides is 1. The summed E-state index contributed by atoms with van der Waals surface area (Å²) in [4.78, 5) is 11.8. The molecule has 0 aromatic carbocycles. The second-order valence-corrected chi connectivity index (χ2v) is 5.59. The smallest absolute Gasteiger partial charge is 0.378 e. The normalized spacial score (nSPS) is 30.3. The third-order valence-corrected chi connectivity index (χ3v) is 3.99. The Balaban J connectivity index is 0.00000220. The van der Waals surface area contributed by atoms with Crippen LogP contribution in [0.1, 0.15) is 32.1 Å². The summed E-state index contributed by atoms with van der Waals surface area (Å²) in [7, 11) is 0. The lowest BCUT2D eigenvalue weighted by Crippen LogP contribution is -2.46. The summed E-state index contributed by atoms with van der Waals surface area (Å²) in [5.74, 6) is -1.31. The summed E-state index contributed by atoms with van der Waals surface area (Å²) in [6.07, 6.45) is -2.75. The lowest BCUT2D eigenvalue weighted by atomic mass is 9.85. The Bertz CT molecular complexity index is 328. The highest BCUT2D eigenvalue weighted by atomic mass is 35.5. The van der Waals surface area contributed by atoms with Gasteiger partial charge in [-0.2, -0.15) is 13.2 Å². The van der Waals surface area contributed by atoms with Gasteiger partial charge < -0.3 is 15.4 Å². The van der Waals surface area contributed by atoms with Gasteiger partial charge in [0.25, 0.3) is 0 Å². The van der Waals surface area contributed by atoms with Crippen LogP contribution in [0.4, 0.5) is 13.2 Å². The average Bonchev–Trinajstić information content (AvgIpc) is 2.39. The van der Waals surface area contributed by atoms with Gasteiger partial charge in [-0.15, -0.1) is 12.4 Å². The molecule has 1 aliphatic heterocycles. The first-order valence-corrected chi connectivity index (χ1v) is 7.12. The van der Waals surface area contributed by atoms with Crippen LogP contribution in [-0.2, 0) is 9.53 Å². The topological polar surface area (TPSA) is 50.4 Å². The van der Waals surface area contributed by atoms with E-state index in [0.29, 0.717) is 32.5 Å². The molecule has 1 atom stereocenters. The number of hydrogen-bond donors (Lipinski definition) is 2. The van der Waals surface area contributed by atoms with Crippen LogP contribution in [0.25, 0.3) is 0 Å². The minimum absolute atomic E-state index is 0. The van der Waals surface area contributed by atoms with E-state index in [0.717, 1.165) is 6.54 Å². The molecule has 2 fully saturated rings. The van der Waals surface area contributed by atoms with Gasteiger partial charge in [0.1, 0.15) is 0 Å². The lowest BCUT2D eigenvalue weighted by molar-refractivity contribution is -0.182. The number of carbonyl (C=O) groups excluding carboxylic acids is 1.